The molecule has 0 aliphatic heterocycles. The van der Waals surface area contributed by atoms with E-state index >= 15 is 0 Å². The molecule has 1 unspecified atom stereocenters. The number of aromatic nitrogens is 4. The van der Waals surface area contributed by atoms with Crippen molar-refractivity contribution in [1.29, 1.82) is 0 Å². The Kier molecular flexibility index (Phi) is 5.71. The van der Waals surface area contributed by atoms with Crippen molar-refractivity contribution in [3.8, 4) is 11.4 Å². The zero-order valence-electron chi connectivity index (χ0n) is 16.4. The fourth-order valence-electron chi connectivity index (χ4n) is 3.10. The number of aromatic amines is 1. The Balaban J connectivity index is 1.64. The van der Waals surface area contributed by atoms with Gasteiger partial charge in [0.1, 0.15) is 5.76 Å². The van der Waals surface area contributed by atoms with Gasteiger partial charge in [0, 0.05) is 28.7 Å². The molecule has 2 N–H and O–H groups in total. The number of amides is 1. The smallest absolute Gasteiger partial charge is 0.230 e. The zero-order chi connectivity index (χ0) is 20.2. The van der Waals surface area contributed by atoms with Crippen molar-refractivity contribution in [2.75, 3.05) is 5.75 Å². The lowest BCUT2D eigenvalue weighted by atomic mass is 10.1. The van der Waals surface area contributed by atoms with Crippen LogP contribution >= 0.6 is 11.8 Å². The Bertz CT molecular complexity index is 1100. The van der Waals surface area contributed by atoms with E-state index in [9.17, 15) is 4.79 Å². The van der Waals surface area contributed by atoms with E-state index in [4.69, 9.17) is 4.42 Å². The highest BCUT2D eigenvalue weighted by atomic mass is 32.2. The first-order chi connectivity index (χ1) is 14.2. The number of thioether (sulfide) groups is 1. The number of nitrogens with one attached hydrogen (secondary N) is 2. The van der Waals surface area contributed by atoms with Crippen molar-refractivity contribution < 1.29 is 9.21 Å². The van der Waals surface area contributed by atoms with Gasteiger partial charge in [-0.05, 0) is 31.5 Å². The number of H-pyrrole nitrogens is 1. The Morgan fingerprint density at radius 2 is 2.14 bits per heavy atom. The third kappa shape index (κ3) is 4.22. The van der Waals surface area contributed by atoms with Gasteiger partial charge in [0.25, 0.3) is 0 Å². The summed E-state index contributed by atoms with van der Waals surface area (Å²) in [4.78, 5) is 15.5. The molecule has 3 heterocycles. The molecule has 7 nitrogen and oxygen atoms in total. The van der Waals surface area contributed by atoms with E-state index in [0.717, 1.165) is 34.5 Å². The summed E-state index contributed by atoms with van der Waals surface area (Å²) in [6.07, 6.45) is 4.49. The van der Waals surface area contributed by atoms with Crippen molar-refractivity contribution in [3.63, 3.8) is 0 Å². The summed E-state index contributed by atoms with van der Waals surface area (Å²) in [6.45, 7) is 4.53. The molecule has 0 bridgehead atoms. The third-order valence-corrected chi connectivity index (χ3v) is 5.76. The summed E-state index contributed by atoms with van der Waals surface area (Å²) in [5.41, 5.74) is 2.01. The molecule has 0 aliphatic rings. The average molecular weight is 410 g/mol. The molecule has 3 aromatic heterocycles. The van der Waals surface area contributed by atoms with Crippen molar-refractivity contribution in [1.82, 2.24) is 25.1 Å². The van der Waals surface area contributed by atoms with E-state index in [1.807, 2.05) is 54.9 Å². The second-order valence-electron chi connectivity index (χ2n) is 6.89. The highest BCUT2D eigenvalue weighted by Crippen LogP contribution is 2.30. The maximum atomic E-state index is 12.2. The van der Waals surface area contributed by atoms with Crippen LogP contribution < -0.4 is 5.32 Å². The van der Waals surface area contributed by atoms with Crippen LogP contribution in [0.15, 0.2) is 58.4 Å². The van der Waals surface area contributed by atoms with Gasteiger partial charge in [0.2, 0.25) is 5.91 Å². The lowest BCUT2D eigenvalue weighted by Gasteiger charge is -2.11. The van der Waals surface area contributed by atoms with E-state index in [-0.39, 0.29) is 17.7 Å². The van der Waals surface area contributed by atoms with Crippen LogP contribution in [0.2, 0.25) is 0 Å². The molecule has 4 rings (SSSR count). The number of fused-ring (bicyclic) bond motifs is 1. The Morgan fingerprint density at radius 3 is 2.93 bits per heavy atom. The molecule has 1 amide bonds. The maximum Gasteiger partial charge on any atom is 0.230 e. The largest absolute Gasteiger partial charge is 0.467 e. The number of hydrogen-bond acceptors (Lipinski definition) is 5. The maximum absolute atomic E-state index is 12.2. The second-order valence-corrected chi connectivity index (χ2v) is 7.83. The number of carbonyl (C=O) groups excluding carboxylic acids is 1. The van der Waals surface area contributed by atoms with Crippen LogP contribution in [-0.2, 0) is 11.3 Å². The minimum Gasteiger partial charge on any atom is -0.467 e. The number of rotatable bonds is 8. The lowest BCUT2D eigenvalue weighted by molar-refractivity contribution is -0.119. The van der Waals surface area contributed by atoms with E-state index in [0.29, 0.717) is 11.7 Å². The van der Waals surface area contributed by atoms with Gasteiger partial charge in [0.15, 0.2) is 11.0 Å². The van der Waals surface area contributed by atoms with Crippen LogP contribution in [0.3, 0.4) is 0 Å². The number of para-hydroxylation sites is 1. The summed E-state index contributed by atoms with van der Waals surface area (Å²) in [5, 5.41) is 13.6. The molecule has 1 atom stereocenters. The second kappa shape index (κ2) is 8.57. The summed E-state index contributed by atoms with van der Waals surface area (Å²) < 4.78 is 7.54. The number of hydrogen-bond donors (Lipinski definition) is 2. The molecule has 0 spiro atoms. The fraction of sp³-hybridized carbons (Fsp3) is 0.286. The summed E-state index contributed by atoms with van der Waals surface area (Å²) in [6, 6.07) is 12.0. The summed E-state index contributed by atoms with van der Waals surface area (Å²) in [5.74, 6) is 1.82. The van der Waals surface area contributed by atoms with Gasteiger partial charge < -0.3 is 14.7 Å². The molecule has 150 valence electrons. The average Bonchev–Trinajstić information content (AvgIpc) is 3.46. The van der Waals surface area contributed by atoms with Gasteiger partial charge >= 0.3 is 0 Å². The van der Waals surface area contributed by atoms with Gasteiger partial charge in [-0.25, -0.2) is 0 Å². The van der Waals surface area contributed by atoms with Crippen LogP contribution in [0.1, 0.15) is 26.0 Å². The first-order valence-electron chi connectivity index (χ1n) is 9.60. The minimum atomic E-state index is -0.00876. The van der Waals surface area contributed by atoms with Gasteiger partial charge in [0.05, 0.1) is 18.6 Å². The SMILES string of the molecule is CCC(C)NC(=O)CSc1nnc(-c2c[nH]c3ccccc23)n1Cc1ccco1. The topological polar surface area (TPSA) is 88.7 Å². The van der Waals surface area contributed by atoms with Crippen LogP contribution in [-0.4, -0.2) is 37.5 Å². The highest BCUT2D eigenvalue weighted by Gasteiger charge is 2.19. The zero-order valence-corrected chi connectivity index (χ0v) is 17.2. The monoisotopic (exact) mass is 409 g/mol. The van der Waals surface area contributed by atoms with E-state index in [2.05, 4.69) is 26.6 Å². The quantitative estimate of drug-likeness (QED) is 0.428. The normalized spacial score (nSPS) is 12.3. The number of benzene rings is 1. The molecule has 0 radical (unpaired) electrons. The number of nitrogens with zero attached hydrogens (tertiary/aromatic N) is 3. The highest BCUT2D eigenvalue weighted by molar-refractivity contribution is 7.99. The molecule has 0 saturated carbocycles. The standard InChI is InChI=1S/C21H23N5O2S/c1-3-14(2)23-19(27)13-29-21-25-24-20(26(21)12-15-7-6-10-28-15)17-11-22-18-9-5-4-8-16(17)18/h4-11,14,22H,3,12-13H2,1-2H3,(H,23,27). The number of carbonyl (C=O) groups is 1. The molecule has 0 saturated heterocycles. The first-order valence-corrected chi connectivity index (χ1v) is 10.6. The third-order valence-electron chi connectivity index (χ3n) is 4.79. The van der Waals surface area contributed by atoms with E-state index in [1.165, 1.54) is 11.8 Å². The number of furan rings is 1. The Hall–Kier alpha value is -3.00. The van der Waals surface area contributed by atoms with E-state index in [1.54, 1.807) is 6.26 Å². The molecular formula is C21H23N5O2S. The molecule has 8 heteroatoms. The minimum absolute atomic E-state index is 0.00876. The first kappa shape index (κ1) is 19.3. The van der Waals surface area contributed by atoms with Gasteiger partial charge in [-0.2, -0.15) is 0 Å². The van der Waals surface area contributed by atoms with Crippen molar-refractivity contribution in [2.45, 2.75) is 38.0 Å². The van der Waals surface area contributed by atoms with Crippen molar-refractivity contribution in [2.24, 2.45) is 0 Å². The van der Waals surface area contributed by atoms with Crippen LogP contribution in [0.25, 0.3) is 22.3 Å². The Labute approximate surface area is 172 Å². The Morgan fingerprint density at radius 1 is 1.28 bits per heavy atom. The molecule has 0 fully saturated rings. The molecule has 0 aliphatic carbocycles. The van der Waals surface area contributed by atoms with Crippen LogP contribution in [0.4, 0.5) is 0 Å². The molecule has 29 heavy (non-hydrogen) atoms. The van der Waals surface area contributed by atoms with Gasteiger partial charge in [-0.3, -0.25) is 9.36 Å². The van der Waals surface area contributed by atoms with Crippen molar-refractivity contribution >= 4 is 28.6 Å². The molecule has 1 aromatic carbocycles. The fourth-order valence-corrected chi connectivity index (χ4v) is 3.85. The summed E-state index contributed by atoms with van der Waals surface area (Å²) in [7, 11) is 0. The van der Waals surface area contributed by atoms with Gasteiger partial charge in [-0.1, -0.05) is 36.9 Å². The summed E-state index contributed by atoms with van der Waals surface area (Å²) >= 11 is 1.38. The predicted octanol–water partition coefficient (Wildman–Crippen LogP) is 4.07. The van der Waals surface area contributed by atoms with Crippen LogP contribution in [0.5, 0.6) is 0 Å². The van der Waals surface area contributed by atoms with E-state index < -0.39 is 0 Å². The van der Waals surface area contributed by atoms with Gasteiger partial charge in [-0.15, -0.1) is 10.2 Å². The predicted molar refractivity (Wildman–Crippen MR) is 114 cm³/mol. The van der Waals surface area contributed by atoms with Crippen LogP contribution in [0, 0.1) is 0 Å². The van der Waals surface area contributed by atoms with Crippen molar-refractivity contribution in [3.05, 3.63) is 54.6 Å². The molecule has 4 aromatic rings. The molecular weight excluding hydrogens is 386 g/mol. The lowest BCUT2D eigenvalue weighted by Crippen LogP contribution is -2.33.